The Morgan fingerprint density at radius 1 is 1.15 bits per heavy atom. The zero-order valence-corrected chi connectivity index (χ0v) is 13.9. The summed E-state index contributed by atoms with van der Waals surface area (Å²) in [6.45, 7) is 5.53. The summed E-state index contributed by atoms with van der Waals surface area (Å²) >= 11 is 0. The molecule has 2 atom stereocenters. The van der Waals surface area contributed by atoms with E-state index < -0.39 is 13.3 Å². The van der Waals surface area contributed by atoms with Crippen LogP contribution in [0.3, 0.4) is 0 Å². The number of nitrogens with zero attached hydrogens (tertiary/aromatic N) is 1. The van der Waals surface area contributed by atoms with E-state index in [1.54, 1.807) is 0 Å². The van der Waals surface area contributed by atoms with E-state index in [-0.39, 0.29) is 12.3 Å². The molecule has 0 radical (unpaired) electrons. The van der Waals surface area contributed by atoms with Crippen LogP contribution in [0.4, 0.5) is 0 Å². The molecule has 0 aromatic heterocycles. The van der Waals surface area contributed by atoms with Gasteiger partial charge in [0.1, 0.15) is 0 Å². The lowest BCUT2D eigenvalue weighted by Crippen LogP contribution is -2.16. The Labute approximate surface area is 122 Å². The molecule has 20 heavy (non-hydrogen) atoms. The summed E-state index contributed by atoms with van der Waals surface area (Å²) in [4.78, 5) is 9.73. The molecule has 2 N–H and O–H groups in total. The van der Waals surface area contributed by atoms with Crippen molar-refractivity contribution in [3.8, 4) is 0 Å². The molecule has 0 saturated heterocycles. The van der Waals surface area contributed by atoms with Gasteiger partial charge in [-0.25, -0.2) is 0 Å². The number of rotatable bonds is 12. The lowest BCUT2D eigenvalue weighted by atomic mass is 10.1. The summed E-state index contributed by atoms with van der Waals surface area (Å²) in [5, 5.41) is 11.6. The number of hydrogen-bond acceptors (Lipinski definition) is 4. The minimum absolute atomic E-state index is 0.215. The van der Waals surface area contributed by atoms with Crippen LogP contribution in [0.5, 0.6) is 0 Å². The number of oxime groups is 1. The fourth-order valence-electron chi connectivity index (χ4n) is 1.86. The average Bonchev–Trinajstić information content (AvgIpc) is 2.43. The highest BCUT2D eigenvalue weighted by atomic mass is 31.2. The minimum Gasteiger partial charge on any atom is -0.411 e. The van der Waals surface area contributed by atoms with Gasteiger partial charge in [0.05, 0.1) is 18.0 Å². The smallest absolute Gasteiger partial charge is 0.336 e. The molecule has 0 saturated carbocycles. The summed E-state index contributed by atoms with van der Waals surface area (Å²) in [6, 6.07) is 0. The average molecular weight is 307 g/mol. The molecular formula is C14H30NO4P. The van der Waals surface area contributed by atoms with Crippen LogP contribution in [-0.2, 0) is 9.09 Å². The molecule has 0 heterocycles. The minimum atomic E-state index is -3.72. The molecule has 5 nitrogen and oxygen atoms in total. The van der Waals surface area contributed by atoms with Gasteiger partial charge in [0.25, 0.3) is 0 Å². The van der Waals surface area contributed by atoms with Crippen LogP contribution in [0.15, 0.2) is 5.16 Å². The zero-order chi connectivity index (χ0) is 15.4. The summed E-state index contributed by atoms with van der Waals surface area (Å²) in [6.07, 6.45) is 9.33. The molecule has 0 fully saturated rings. The summed E-state index contributed by atoms with van der Waals surface area (Å²) in [5.41, 5.74) is -0.548. The van der Waals surface area contributed by atoms with Crippen molar-refractivity contribution >= 4 is 13.3 Å². The van der Waals surface area contributed by atoms with Gasteiger partial charge in [0.2, 0.25) is 0 Å². The van der Waals surface area contributed by atoms with Crippen molar-refractivity contribution in [1.82, 2.24) is 0 Å². The maximum Gasteiger partial charge on any atom is 0.336 e. The first kappa shape index (κ1) is 19.6. The van der Waals surface area contributed by atoms with Gasteiger partial charge < -0.3 is 14.6 Å². The van der Waals surface area contributed by atoms with Crippen LogP contribution in [0.1, 0.15) is 72.1 Å². The third kappa shape index (κ3) is 8.72. The van der Waals surface area contributed by atoms with Gasteiger partial charge in [-0.1, -0.05) is 57.0 Å². The molecule has 0 aliphatic rings. The van der Waals surface area contributed by atoms with Crippen molar-refractivity contribution in [2.45, 2.75) is 77.8 Å². The van der Waals surface area contributed by atoms with E-state index in [1.165, 1.54) is 46.0 Å². The Morgan fingerprint density at radius 3 is 2.15 bits per heavy atom. The molecule has 0 spiro atoms. The lowest BCUT2D eigenvalue weighted by Gasteiger charge is -2.18. The van der Waals surface area contributed by atoms with E-state index in [2.05, 4.69) is 12.1 Å². The topological polar surface area (TPSA) is 79.1 Å². The molecule has 120 valence electrons. The van der Waals surface area contributed by atoms with Crippen LogP contribution in [-0.4, -0.2) is 28.1 Å². The predicted octanol–water partition coefficient (Wildman–Crippen LogP) is 4.57. The van der Waals surface area contributed by atoms with E-state index in [0.29, 0.717) is 0 Å². The van der Waals surface area contributed by atoms with E-state index >= 15 is 0 Å². The molecule has 0 aromatic carbocycles. The van der Waals surface area contributed by atoms with Crippen molar-refractivity contribution in [3.05, 3.63) is 0 Å². The zero-order valence-electron chi connectivity index (χ0n) is 13.0. The molecule has 0 aliphatic carbocycles. The van der Waals surface area contributed by atoms with Crippen LogP contribution < -0.4 is 0 Å². The maximum absolute atomic E-state index is 11.9. The maximum atomic E-state index is 11.9. The highest BCUT2D eigenvalue weighted by Crippen LogP contribution is 2.47. The second-order valence-electron chi connectivity index (χ2n) is 5.29. The van der Waals surface area contributed by atoms with E-state index in [1.807, 2.05) is 0 Å². The third-order valence-corrected chi connectivity index (χ3v) is 5.43. The van der Waals surface area contributed by atoms with Gasteiger partial charge >= 0.3 is 7.60 Å². The van der Waals surface area contributed by atoms with Gasteiger partial charge in [0, 0.05) is 0 Å². The van der Waals surface area contributed by atoms with Gasteiger partial charge in [-0.15, -0.1) is 0 Å². The van der Waals surface area contributed by atoms with Crippen LogP contribution in [0.2, 0.25) is 0 Å². The van der Waals surface area contributed by atoms with Crippen LogP contribution in [0.25, 0.3) is 0 Å². The highest BCUT2D eigenvalue weighted by molar-refractivity contribution is 7.54. The Bertz CT molecular complexity index is 320. The van der Waals surface area contributed by atoms with Gasteiger partial charge in [-0.05, 0) is 20.3 Å². The molecule has 0 amide bonds. The Hall–Kier alpha value is -0.380. The molecular weight excluding hydrogens is 277 g/mol. The second-order valence-corrected chi connectivity index (χ2v) is 7.45. The first-order valence-corrected chi connectivity index (χ1v) is 9.26. The Balaban J connectivity index is 3.66. The van der Waals surface area contributed by atoms with E-state index in [0.717, 1.165) is 19.3 Å². The summed E-state index contributed by atoms with van der Waals surface area (Å²) in [5.74, 6) is 0. The fraction of sp³-hybridized carbons (Fsp3) is 0.929. The Kier molecular flexibility index (Phi) is 11.1. The van der Waals surface area contributed by atoms with E-state index in [9.17, 15) is 9.46 Å². The van der Waals surface area contributed by atoms with Crippen molar-refractivity contribution in [2.75, 3.05) is 6.61 Å². The first-order chi connectivity index (χ1) is 9.45. The fourth-order valence-corrected chi connectivity index (χ4v) is 3.00. The van der Waals surface area contributed by atoms with Gasteiger partial charge in [-0.2, -0.15) is 0 Å². The highest BCUT2D eigenvalue weighted by Gasteiger charge is 2.30. The van der Waals surface area contributed by atoms with E-state index in [4.69, 9.17) is 9.73 Å². The predicted molar refractivity (Wildman–Crippen MR) is 82.7 cm³/mol. The standard InChI is InChI=1S/C14H30NO4P/c1-4-5-6-7-8-9-10-11-12-19-20(17,18)14(3)13(2)15-16/h14,16H,4-12H2,1-3H3,(H,17,18). The summed E-state index contributed by atoms with van der Waals surface area (Å²) in [7, 11) is -3.72. The monoisotopic (exact) mass is 307 g/mol. The number of hydrogen-bond donors (Lipinski definition) is 2. The SMILES string of the molecule is CCCCCCCCCCOP(=O)(O)C(C)C(C)=NO. The molecule has 0 aliphatic heterocycles. The van der Waals surface area contributed by atoms with Gasteiger partial charge in [0.15, 0.2) is 0 Å². The molecule has 2 unspecified atom stereocenters. The van der Waals surface area contributed by atoms with Crippen molar-refractivity contribution in [2.24, 2.45) is 5.16 Å². The molecule has 0 aromatic rings. The third-order valence-electron chi connectivity index (χ3n) is 3.53. The quantitative estimate of drug-likeness (QED) is 0.182. The summed E-state index contributed by atoms with van der Waals surface area (Å²) < 4.78 is 16.9. The normalized spacial score (nSPS) is 16.9. The van der Waals surface area contributed by atoms with Crippen LogP contribution >= 0.6 is 7.60 Å². The van der Waals surface area contributed by atoms with Crippen molar-refractivity contribution < 1.29 is 19.2 Å². The lowest BCUT2D eigenvalue weighted by molar-refractivity contribution is 0.249. The molecule has 0 rings (SSSR count). The van der Waals surface area contributed by atoms with Crippen molar-refractivity contribution in [3.63, 3.8) is 0 Å². The van der Waals surface area contributed by atoms with Crippen LogP contribution in [0, 0.1) is 0 Å². The first-order valence-electron chi connectivity index (χ1n) is 7.61. The van der Waals surface area contributed by atoms with Crippen molar-refractivity contribution in [1.29, 1.82) is 0 Å². The number of unbranched alkanes of at least 4 members (excludes halogenated alkanes) is 7. The van der Waals surface area contributed by atoms with Gasteiger partial charge in [-0.3, -0.25) is 4.57 Å². The largest absolute Gasteiger partial charge is 0.411 e. The second kappa shape index (κ2) is 11.3. The Morgan fingerprint density at radius 2 is 1.65 bits per heavy atom. The molecule has 6 heteroatoms. The molecule has 0 bridgehead atoms.